The second-order valence-electron chi connectivity index (χ2n) is 6.72. The normalized spacial score (nSPS) is 25.9. The van der Waals surface area contributed by atoms with Crippen LogP contribution < -0.4 is 0 Å². The van der Waals surface area contributed by atoms with E-state index in [4.69, 9.17) is 0 Å². The first kappa shape index (κ1) is 14.1. The van der Waals surface area contributed by atoms with Crippen molar-refractivity contribution in [2.75, 3.05) is 20.1 Å². The second kappa shape index (κ2) is 6.70. The summed E-state index contributed by atoms with van der Waals surface area (Å²) in [4.78, 5) is 7.01. The van der Waals surface area contributed by atoms with Crippen molar-refractivity contribution in [3.8, 4) is 0 Å². The minimum atomic E-state index is 0.621. The maximum Gasteiger partial charge on any atom is 0.138 e. The molecule has 0 amide bonds. The molecule has 1 saturated heterocycles. The van der Waals surface area contributed by atoms with Gasteiger partial charge in [0.2, 0.25) is 0 Å². The average Bonchev–Trinajstić information content (AvgIpc) is 2.95. The summed E-state index contributed by atoms with van der Waals surface area (Å²) >= 11 is 0. The molecule has 4 nitrogen and oxygen atoms in total. The molecule has 1 aromatic rings. The standard InChI is InChI=1S/C16H28N4/c1-19-11-5-6-14(12-19)9-10-16-17-13-18-20(16)15-7-3-2-4-8-15/h13-15H,2-12H2,1H3/t14-/m0/s1. The Morgan fingerprint density at radius 1 is 1.15 bits per heavy atom. The van der Waals surface area contributed by atoms with E-state index in [1.807, 2.05) is 0 Å². The highest BCUT2D eigenvalue weighted by atomic mass is 15.3. The molecular weight excluding hydrogens is 248 g/mol. The Morgan fingerprint density at radius 3 is 2.80 bits per heavy atom. The lowest BCUT2D eigenvalue weighted by Crippen LogP contribution is -2.32. The topological polar surface area (TPSA) is 34.0 Å². The van der Waals surface area contributed by atoms with Crippen LogP contribution in [-0.4, -0.2) is 39.8 Å². The lowest BCUT2D eigenvalue weighted by molar-refractivity contribution is 0.200. The molecule has 1 aromatic heterocycles. The van der Waals surface area contributed by atoms with Crippen molar-refractivity contribution in [1.82, 2.24) is 19.7 Å². The molecule has 3 rings (SSSR count). The van der Waals surface area contributed by atoms with Crippen LogP contribution in [-0.2, 0) is 6.42 Å². The van der Waals surface area contributed by atoms with Crippen LogP contribution in [0.5, 0.6) is 0 Å². The third-order valence-corrected chi connectivity index (χ3v) is 5.07. The molecule has 4 heteroatoms. The molecule has 20 heavy (non-hydrogen) atoms. The molecule has 1 saturated carbocycles. The number of likely N-dealkylation sites (tertiary alicyclic amines) is 1. The second-order valence-corrected chi connectivity index (χ2v) is 6.72. The zero-order chi connectivity index (χ0) is 13.8. The molecule has 0 radical (unpaired) electrons. The Labute approximate surface area is 122 Å². The molecule has 2 aliphatic rings. The molecule has 0 unspecified atom stereocenters. The maximum atomic E-state index is 4.53. The Morgan fingerprint density at radius 2 is 2.00 bits per heavy atom. The fourth-order valence-corrected chi connectivity index (χ4v) is 3.93. The van der Waals surface area contributed by atoms with Crippen molar-refractivity contribution >= 4 is 0 Å². The molecule has 0 spiro atoms. The van der Waals surface area contributed by atoms with E-state index in [0.717, 1.165) is 12.3 Å². The van der Waals surface area contributed by atoms with Crippen LogP contribution in [0.2, 0.25) is 0 Å². The van der Waals surface area contributed by atoms with Gasteiger partial charge >= 0.3 is 0 Å². The van der Waals surface area contributed by atoms with Crippen molar-refractivity contribution in [1.29, 1.82) is 0 Å². The highest BCUT2D eigenvalue weighted by Crippen LogP contribution is 2.28. The van der Waals surface area contributed by atoms with E-state index >= 15 is 0 Å². The molecule has 1 atom stereocenters. The van der Waals surface area contributed by atoms with E-state index < -0.39 is 0 Å². The molecule has 0 bridgehead atoms. The monoisotopic (exact) mass is 276 g/mol. The first-order valence-electron chi connectivity index (χ1n) is 8.40. The number of rotatable bonds is 4. The van der Waals surface area contributed by atoms with Crippen LogP contribution >= 0.6 is 0 Å². The van der Waals surface area contributed by atoms with Gasteiger partial charge in [-0.05, 0) is 51.6 Å². The Balaban J connectivity index is 1.56. The fourth-order valence-electron chi connectivity index (χ4n) is 3.93. The number of piperidine rings is 1. The van der Waals surface area contributed by atoms with E-state index in [1.165, 1.54) is 70.3 Å². The van der Waals surface area contributed by atoms with Crippen LogP contribution in [0.25, 0.3) is 0 Å². The smallest absolute Gasteiger partial charge is 0.138 e. The van der Waals surface area contributed by atoms with E-state index in [9.17, 15) is 0 Å². The minimum absolute atomic E-state index is 0.621. The van der Waals surface area contributed by atoms with Gasteiger partial charge in [-0.25, -0.2) is 9.67 Å². The van der Waals surface area contributed by atoms with Gasteiger partial charge in [-0.15, -0.1) is 0 Å². The summed E-state index contributed by atoms with van der Waals surface area (Å²) in [7, 11) is 2.25. The molecule has 1 aliphatic carbocycles. The van der Waals surface area contributed by atoms with Gasteiger partial charge in [0, 0.05) is 13.0 Å². The average molecular weight is 276 g/mol. The third-order valence-electron chi connectivity index (χ3n) is 5.07. The Kier molecular flexibility index (Phi) is 4.71. The van der Waals surface area contributed by atoms with Gasteiger partial charge < -0.3 is 4.90 Å². The van der Waals surface area contributed by atoms with Crippen molar-refractivity contribution in [2.24, 2.45) is 5.92 Å². The predicted octanol–water partition coefficient (Wildman–Crippen LogP) is 3.06. The van der Waals surface area contributed by atoms with Gasteiger partial charge in [0.1, 0.15) is 12.2 Å². The summed E-state index contributed by atoms with van der Waals surface area (Å²) in [5.41, 5.74) is 0. The van der Waals surface area contributed by atoms with Crippen LogP contribution in [0.3, 0.4) is 0 Å². The largest absolute Gasteiger partial charge is 0.306 e. The number of hydrogen-bond acceptors (Lipinski definition) is 3. The summed E-state index contributed by atoms with van der Waals surface area (Å²) in [5.74, 6) is 2.08. The zero-order valence-electron chi connectivity index (χ0n) is 12.8. The van der Waals surface area contributed by atoms with Crippen LogP contribution in [0.4, 0.5) is 0 Å². The van der Waals surface area contributed by atoms with Crippen molar-refractivity contribution in [3.63, 3.8) is 0 Å². The number of hydrogen-bond donors (Lipinski definition) is 0. The van der Waals surface area contributed by atoms with Gasteiger partial charge in [-0.1, -0.05) is 19.3 Å². The van der Waals surface area contributed by atoms with E-state index in [0.29, 0.717) is 6.04 Å². The lowest BCUT2D eigenvalue weighted by atomic mass is 9.93. The summed E-state index contributed by atoms with van der Waals surface area (Å²) in [6, 6.07) is 0.621. The SMILES string of the molecule is CN1CCC[C@@H](CCc2ncnn2C2CCCCC2)C1. The Bertz CT molecular complexity index is 408. The highest BCUT2D eigenvalue weighted by Gasteiger charge is 2.21. The van der Waals surface area contributed by atoms with Gasteiger partial charge in [0.25, 0.3) is 0 Å². The van der Waals surface area contributed by atoms with Gasteiger partial charge in [-0.3, -0.25) is 0 Å². The molecule has 112 valence electrons. The first-order chi connectivity index (χ1) is 9.83. The first-order valence-corrected chi connectivity index (χ1v) is 8.40. The quantitative estimate of drug-likeness (QED) is 0.847. The predicted molar refractivity (Wildman–Crippen MR) is 80.7 cm³/mol. The van der Waals surface area contributed by atoms with E-state index in [1.54, 1.807) is 6.33 Å². The zero-order valence-corrected chi connectivity index (χ0v) is 12.8. The summed E-state index contributed by atoms with van der Waals surface area (Å²) < 4.78 is 2.24. The van der Waals surface area contributed by atoms with E-state index in [2.05, 4.69) is 26.7 Å². The Hall–Kier alpha value is -0.900. The maximum absolute atomic E-state index is 4.53. The minimum Gasteiger partial charge on any atom is -0.306 e. The molecule has 2 fully saturated rings. The van der Waals surface area contributed by atoms with Crippen molar-refractivity contribution in [3.05, 3.63) is 12.2 Å². The summed E-state index contributed by atoms with van der Waals surface area (Å²) in [5, 5.41) is 4.51. The third kappa shape index (κ3) is 3.40. The van der Waals surface area contributed by atoms with Gasteiger partial charge in [0.05, 0.1) is 6.04 Å². The summed E-state index contributed by atoms with van der Waals surface area (Å²) in [6.07, 6.45) is 13.6. The van der Waals surface area contributed by atoms with E-state index in [-0.39, 0.29) is 0 Å². The summed E-state index contributed by atoms with van der Waals surface area (Å²) in [6.45, 7) is 2.53. The molecule has 2 heterocycles. The van der Waals surface area contributed by atoms with Gasteiger partial charge in [0.15, 0.2) is 0 Å². The van der Waals surface area contributed by atoms with Crippen LogP contribution in [0.1, 0.15) is 63.2 Å². The van der Waals surface area contributed by atoms with Crippen LogP contribution in [0, 0.1) is 5.92 Å². The fraction of sp³-hybridized carbons (Fsp3) is 0.875. The van der Waals surface area contributed by atoms with Gasteiger partial charge in [-0.2, -0.15) is 5.10 Å². The number of aromatic nitrogens is 3. The molecule has 0 N–H and O–H groups in total. The molecular formula is C16H28N4. The molecule has 1 aliphatic heterocycles. The number of nitrogens with zero attached hydrogens (tertiary/aromatic N) is 4. The molecule has 0 aromatic carbocycles. The van der Waals surface area contributed by atoms with Crippen LogP contribution in [0.15, 0.2) is 6.33 Å². The van der Waals surface area contributed by atoms with Crippen molar-refractivity contribution < 1.29 is 0 Å². The lowest BCUT2D eigenvalue weighted by Gasteiger charge is -2.29. The number of aryl methyl sites for hydroxylation is 1. The highest BCUT2D eigenvalue weighted by molar-refractivity contribution is 4.90. The van der Waals surface area contributed by atoms with Crippen molar-refractivity contribution in [2.45, 2.75) is 63.8 Å².